The SMILES string of the molecule is COc1cccc(NC(=O)c2cccc(N3C(=O)C4CCCCC4C3=O)c2)c1. The van der Waals surface area contributed by atoms with Crippen LogP contribution in [0.2, 0.25) is 0 Å². The molecule has 2 unspecified atom stereocenters. The Morgan fingerprint density at radius 2 is 1.68 bits per heavy atom. The molecule has 0 bridgehead atoms. The van der Waals surface area contributed by atoms with E-state index in [0.717, 1.165) is 25.7 Å². The number of imide groups is 1. The van der Waals surface area contributed by atoms with Crippen LogP contribution in [0.3, 0.4) is 0 Å². The van der Waals surface area contributed by atoms with Gasteiger partial charge in [-0.15, -0.1) is 0 Å². The lowest BCUT2D eigenvalue weighted by atomic mass is 9.81. The number of hydrogen-bond donors (Lipinski definition) is 1. The van der Waals surface area contributed by atoms with Crippen LogP contribution in [-0.2, 0) is 9.59 Å². The molecule has 2 fully saturated rings. The molecule has 1 saturated carbocycles. The number of rotatable bonds is 4. The molecule has 6 nitrogen and oxygen atoms in total. The number of carbonyl (C=O) groups is 3. The van der Waals surface area contributed by atoms with Crippen molar-refractivity contribution < 1.29 is 19.1 Å². The van der Waals surface area contributed by atoms with E-state index >= 15 is 0 Å². The Morgan fingerprint density at radius 3 is 2.36 bits per heavy atom. The number of amides is 3. The molecule has 0 radical (unpaired) electrons. The largest absolute Gasteiger partial charge is 0.497 e. The second kappa shape index (κ2) is 7.46. The molecule has 2 atom stereocenters. The fraction of sp³-hybridized carbons (Fsp3) is 0.318. The van der Waals surface area contributed by atoms with Crippen molar-refractivity contribution in [1.82, 2.24) is 0 Å². The normalized spacial score (nSPS) is 21.4. The average Bonchev–Trinajstić information content (AvgIpc) is 2.99. The molecule has 1 aliphatic heterocycles. The van der Waals surface area contributed by atoms with Crippen LogP contribution in [0.15, 0.2) is 48.5 Å². The molecule has 3 amide bonds. The van der Waals surface area contributed by atoms with Crippen LogP contribution in [-0.4, -0.2) is 24.8 Å². The van der Waals surface area contributed by atoms with Gasteiger partial charge in [-0.05, 0) is 43.2 Å². The van der Waals surface area contributed by atoms with Crippen LogP contribution in [0.1, 0.15) is 36.0 Å². The van der Waals surface area contributed by atoms with Gasteiger partial charge in [-0.3, -0.25) is 19.3 Å². The summed E-state index contributed by atoms with van der Waals surface area (Å²) in [5, 5.41) is 2.82. The summed E-state index contributed by atoms with van der Waals surface area (Å²) in [7, 11) is 1.56. The summed E-state index contributed by atoms with van der Waals surface area (Å²) in [5.41, 5.74) is 1.45. The topological polar surface area (TPSA) is 75.7 Å². The first-order valence-corrected chi connectivity index (χ1v) is 9.52. The molecule has 144 valence electrons. The minimum absolute atomic E-state index is 0.139. The fourth-order valence-corrected chi connectivity index (χ4v) is 4.11. The summed E-state index contributed by atoms with van der Waals surface area (Å²) in [6.07, 6.45) is 3.50. The van der Waals surface area contributed by atoms with Gasteiger partial charge in [0.1, 0.15) is 5.75 Å². The molecule has 1 heterocycles. The van der Waals surface area contributed by atoms with Crippen LogP contribution in [0, 0.1) is 11.8 Å². The molecule has 1 N–H and O–H groups in total. The zero-order chi connectivity index (χ0) is 19.7. The van der Waals surface area contributed by atoms with Crippen molar-refractivity contribution in [1.29, 1.82) is 0 Å². The maximum atomic E-state index is 12.8. The Balaban J connectivity index is 1.56. The van der Waals surface area contributed by atoms with Gasteiger partial charge in [0.15, 0.2) is 0 Å². The first-order valence-electron chi connectivity index (χ1n) is 9.52. The minimum atomic E-state index is -0.313. The quantitative estimate of drug-likeness (QED) is 0.825. The summed E-state index contributed by atoms with van der Waals surface area (Å²) in [6.45, 7) is 0. The van der Waals surface area contributed by atoms with E-state index in [-0.39, 0.29) is 29.6 Å². The number of fused-ring (bicyclic) bond motifs is 1. The van der Waals surface area contributed by atoms with Gasteiger partial charge < -0.3 is 10.1 Å². The number of methoxy groups -OCH3 is 1. The third-order valence-corrected chi connectivity index (χ3v) is 5.54. The maximum Gasteiger partial charge on any atom is 0.255 e. The van der Waals surface area contributed by atoms with Crippen molar-refractivity contribution in [2.75, 3.05) is 17.3 Å². The van der Waals surface area contributed by atoms with Gasteiger partial charge in [0, 0.05) is 17.3 Å². The summed E-state index contributed by atoms with van der Waals surface area (Å²) in [4.78, 5) is 39.5. The zero-order valence-electron chi connectivity index (χ0n) is 15.7. The van der Waals surface area contributed by atoms with Gasteiger partial charge in [-0.25, -0.2) is 0 Å². The second-order valence-electron chi connectivity index (χ2n) is 7.25. The first-order chi connectivity index (χ1) is 13.6. The van der Waals surface area contributed by atoms with Gasteiger partial charge in [0.25, 0.3) is 5.91 Å². The van der Waals surface area contributed by atoms with E-state index in [1.165, 1.54) is 4.90 Å². The summed E-state index contributed by atoms with van der Waals surface area (Å²) in [6, 6.07) is 13.7. The maximum absolute atomic E-state index is 12.8. The van der Waals surface area contributed by atoms with E-state index in [0.29, 0.717) is 22.7 Å². The number of hydrogen-bond acceptors (Lipinski definition) is 4. The third kappa shape index (κ3) is 3.26. The standard InChI is InChI=1S/C22H22N2O4/c1-28-17-9-5-7-15(13-17)23-20(25)14-6-4-8-16(12-14)24-21(26)18-10-2-3-11-19(18)22(24)27/h4-9,12-13,18-19H,2-3,10-11H2,1H3,(H,23,25). The Labute approximate surface area is 163 Å². The number of nitrogens with zero attached hydrogens (tertiary/aromatic N) is 1. The van der Waals surface area contributed by atoms with Gasteiger partial charge in [-0.2, -0.15) is 0 Å². The lowest BCUT2D eigenvalue weighted by molar-refractivity contribution is -0.122. The summed E-state index contributed by atoms with van der Waals surface area (Å²) in [5.74, 6) is -0.375. The van der Waals surface area contributed by atoms with Crippen molar-refractivity contribution in [2.45, 2.75) is 25.7 Å². The monoisotopic (exact) mass is 378 g/mol. The molecular formula is C22H22N2O4. The lowest BCUT2D eigenvalue weighted by Crippen LogP contribution is -2.31. The highest BCUT2D eigenvalue weighted by molar-refractivity contribution is 6.22. The van der Waals surface area contributed by atoms with E-state index in [1.807, 2.05) is 0 Å². The molecule has 2 aromatic carbocycles. The molecule has 0 aromatic heterocycles. The molecule has 4 rings (SSSR count). The van der Waals surface area contributed by atoms with Gasteiger partial charge in [0.05, 0.1) is 24.6 Å². The minimum Gasteiger partial charge on any atom is -0.497 e. The van der Waals surface area contributed by atoms with Crippen molar-refractivity contribution >= 4 is 29.1 Å². The van der Waals surface area contributed by atoms with E-state index in [2.05, 4.69) is 5.32 Å². The van der Waals surface area contributed by atoms with Gasteiger partial charge >= 0.3 is 0 Å². The second-order valence-corrected chi connectivity index (χ2v) is 7.25. The fourth-order valence-electron chi connectivity index (χ4n) is 4.11. The Hall–Kier alpha value is -3.15. The molecule has 2 aliphatic rings. The molecule has 2 aromatic rings. The van der Waals surface area contributed by atoms with Crippen LogP contribution in [0.4, 0.5) is 11.4 Å². The molecule has 6 heteroatoms. The van der Waals surface area contributed by atoms with Crippen molar-refractivity contribution in [3.05, 3.63) is 54.1 Å². The summed E-state index contributed by atoms with van der Waals surface area (Å²) >= 11 is 0. The van der Waals surface area contributed by atoms with Crippen LogP contribution in [0.25, 0.3) is 0 Å². The van der Waals surface area contributed by atoms with Crippen molar-refractivity contribution in [3.8, 4) is 5.75 Å². The predicted molar refractivity (Wildman–Crippen MR) is 105 cm³/mol. The van der Waals surface area contributed by atoms with E-state index in [1.54, 1.807) is 55.6 Å². The van der Waals surface area contributed by atoms with Crippen LogP contribution in [0.5, 0.6) is 5.75 Å². The molecular weight excluding hydrogens is 356 g/mol. The number of ether oxygens (including phenoxy) is 1. The third-order valence-electron chi connectivity index (χ3n) is 5.54. The summed E-state index contributed by atoms with van der Waals surface area (Å²) < 4.78 is 5.17. The molecule has 28 heavy (non-hydrogen) atoms. The Morgan fingerprint density at radius 1 is 1.00 bits per heavy atom. The van der Waals surface area contributed by atoms with Gasteiger partial charge in [0.2, 0.25) is 11.8 Å². The molecule has 1 saturated heterocycles. The van der Waals surface area contributed by atoms with Crippen molar-refractivity contribution in [3.63, 3.8) is 0 Å². The Bertz CT molecular complexity index is 916. The van der Waals surface area contributed by atoms with Gasteiger partial charge in [-0.1, -0.05) is 25.0 Å². The number of anilines is 2. The Kier molecular flexibility index (Phi) is 4.86. The zero-order valence-corrected chi connectivity index (χ0v) is 15.7. The number of nitrogens with one attached hydrogen (secondary N) is 1. The highest BCUT2D eigenvalue weighted by atomic mass is 16.5. The van der Waals surface area contributed by atoms with Crippen LogP contribution < -0.4 is 15.0 Å². The average molecular weight is 378 g/mol. The molecule has 0 spiro atoms. The number of carbonyl (C=O) groups excluding carboxylic acids is 3. The highest BCUT2D eigenvalue weighted by Crippen LogP contribution is 2.40. The molecule has 1 aliphatic carbocycles. The van der Waals surface area contributed by atoms with E-state index < -0.39 is 0 Å². The number of benzene rings is 2. The predicted octanol–water partition coefficient (Wildman–Crippen LogP) is 3.63. The van der Waals surface area contributed by atoms with E-state index in [9.17, 15) is 14.4 Å². The first kappa shape index (κ1) is 18.2. The van der Waals surface area contributed by atoms with Crippen LogP contribution >= 0.6 is 0 Å². The van der Waals surface area contributed by atoms with Crippen molar-refractivity contribution in [2.24, 2.45) is 11.8 Å². The smallest absolute Gasteiger partial charge is 0.255 e. The van der Waals surface area contributed by atoms with E-state index in [4.69, 9.17) is 4.74 Å². The highest BCUT2D eigenvalue weighted by Gasteiger charge is 2.48. The lowest BCUT2D eigenvalue weighted by Gasteiger charge is -2.19.